The van der Waals surface area contributed by atoms with Crippen molar-refractivity contribution in [1.29, 1.82) is 0 Å². The lowest BCUT2D eigenvalue weighted by atomic mass is 10.0. The van der Waals surface area contributed by atoms with Crippen LogP contribution in [0.25, 0.3) is 0 Å². The van der Waals surface area contributed by atoms with Crippen LogP contribution in [0, 0.1) is 0 Å². The summed E-state index contributed by atoms with van der Waals surface area (Å²) in [6, 6.07) is 6.92. The van der Waals surface area contributed by atoms with E-state index in [0.717, 1.165) is 24.5 Å². The minimum atomic E-state index is 0.623. The van der Waals surface area contributed by atoms with Gasteiger partial charge in [-0.2, -0.15) is 0 Å². The Bertz CT molecular complexity index is 373. The molecule has 1 aromatic carbocycles. The predicted octanol–water partition coefficient (Wildman–Crippen LogP) is 2.78. The summed E-state index contributed by atoms with van der Waals surface area (Å²) in [6.45, 7) is 6.49. The summed E-state index contributed by atoms with van der Waals surface area (Å²) >= 11 is 0. The number of ether oxygens (including phenoxy) is 2. The third kappa shape index (κ3) is 3.39. The maximum atomic E-state index is 5.65. The molecule has 0 spiro atoms. The largest absolute Gasteiger partial charge is 0.490 e. The SMILES string of the molecule is CCOc1ccc(CC2CCCN2)cc1OCC. The lowest BCUT2D eigenvalue weighted by Crippen LogP contribution is -2.23. The summed E-state index contributed by atoms with van der Waals surface area (Å²) in [5.41, 5.74) is 1.32. The first kappa shape index (κ1) is 13.2. The Balaban J connectivity index is 2.08. The zero-order valence-corrected chi connectivity index (χ0v) is 11.4. The molecule has 18 heavy (non-hydrogen) atoms. The smallest absolute Gasteiger partial charge is 0.161 e. The molecule has 2 rings (SSSR count). The summed E-state index contributed by atoms with van der Waals surface area (Å²) < 4.78 is 11.2. The normalized spacial score (nSPS) is 18.9. The van der Waals surface area contributed by atoms with Crippen LogP contribution in [0.4, 0.5) is 0 Å². The highest BCUT2D eigenvalue weighted by atomic mass is 16.5. The summed E-state index contributed by atoms with van der Waals surface area (Å²) in [6.07, 6.45) is 3.64. The van der Waals surface area contributed by atoms with Gasteiger partial charge in [-0.1, -0.05) is 6.07 Å². The summed E-state index contributed by atoms with van der Waals surface area (Å²) in [5.74, 6) is 1.72. The van der Waals surface area contributed by atoms with E-state index in [-0.39, 0.29) is 0 Å². The van der Waals surface area contributed by atoms with Crippen LogP contribution in [0.3, 0.4) is 0 Å². The van der Waals surface area contributed by atoms with Gasteiger partial charge < -0.3 is 14.8 Å². The number of hydrogen-bond donors (Lipinski definition) is 1. The molecule has 1 aliphatic rings. The molecule has 100 valence electrons. The third-order valence-corrected chi connectivity index (χ3v) is 3.25. The number of rotatable bonds is 6. The molecule has 1 atom stereocenters. The molecule has 3 heteroatoms. The Hall–Kier alpha value is -1.22. The Morgan fingerprint density at radius 1 is 1.17 bits per heavy atom. The minimum Gasteiger partial charge on any atom is -0.490 e. The molecular weight excluding hydrogens is 226 g/mol. The lowest BCUT2D eigenvalue weighted by Gasteiger charge is -2.14. The van der Waals surface area contributed by atoms with Gasteiger partial charge in [0, 0.05) is 6.04 Å². The highest BCUT2D eigenvalue weighted by Gasteiger charge is 2.15. The summed E-state index contributed by atoms with van der Waals surface area (Å²) in [7, 11) is 0. The van der Waals surface area contributed by atoms with Crippen LogP contribution in [-0.4, -0.2) is 25.8 Å². The van der Waals surface area contributed by atoms with E-state index in [1.54, 1.807) is 0 Å². The topological polar surface area (TPSA) is 30.5 Å². The molecule has 1 aromatic rings. The van der Waals surface area contributed by atoms with Crippen LogP contribution in [0.2, 0.25) is 0 Å². The average Bonchev–Trinajstić information content (AvgIpc) is 2.86. The van der Waals surface area contributed by atoms with E-state index in [9.17, 15) is 0 Å². The Morgan fingerprint density at radius 2 is 1.94 bits per heavy atom. The van der Waals surface area contributed by atoms with E-state index in [1.165, 1.54) is 18.4 Å². The molecule has 0 aromatic heterocycles. The van der Waals surface area contributed by atoms with Gasteiger partial charge in [-0.25, -0.2) is 0 Å². The fourth-order valence-corrected chi connectivity index (χ4v) is 2.44. The van der Waals surface area contributed by atoms with Crippen LogP contribution >= 0.6 is 0 Å². The maximum absolute atomic E-state index is 5.65. The summed E-state index contributed by atoms with van der Waals surface area (Å²) in [4.78, 5) is 0. The molecule has 1 unspecified atom stereocenters. The number of benzene rings is 1. The fourth-order valence-electron chi connectivity index (χ4n) is 2.44. The molecule has 0 bridgehead atoms. The molecule has 0 aliphatic carbocycles. The molecule has 0 radical (unpaired) electrons. The standard InChI is InChI=1S/C15H23NO2/c1-3-17-14-8-7-12(11-15(14)18-4-2)10-13-6-5-9-16-13/h7-8,11,13,16H,3-6,9-10H2,1-2H3. The van der Waals surface area contributed by atoms with Gasteiger partial charge in [0.15, 0.2) is 11.5 Å². The van der Waals surface area contributed by atoms with Gasteiger partial charge in [-0.15, -0.1) is 0 Å². The van der Waals surface area contributed by atoms with E-state index in [2.05, 4.69) is 17.4 Å². The van der Waals surface area contributed by atoms with E-state index >= 15 is 0 Å². The van der Waals surface area contributed by atoms with Gasteiger partial charge in [0.1, 0.15) is 0 Å². The molecule has 1 fully saturated rings. The van der Waals surface area contributed by atoms with Crippen molar-refractivity contribution in [2.75, 3.05) is 19.8 Å². The predicted molar refractivity (Wildman–Crippen MR) is 73.5 cm³/mol. The molecular formula is C15H23NO2. The highest BCUT2D eigenvalue weighted by Crippen LogP contribution is 2.29. The fraction of sp³-hybridized carbons (Fsp3) is 0.600. The van der Waals surface area contributed by atoms with E-state index in [0.29, 0.717) is 19.3 Å². The minimum absolute atomic E-state index is 0.623. The van der Waals surface area contributed by atoms with Gasteiger partial charge >= 0.3 is 0 Å². The second kappa shape index (κ2) is 6.64. The molecule has 1 aliphatic heterocycles. The first-order chi connectivity index (χ1) is 8.83. The van der Waals surface area contributed by atoms with Crippen LogP contribution < -0.4 is 14.8 Å². The van der Waals surface area contributed by atoms with E-state index in [1.807, 2.05) is 19.9 Å². The van der Waals surface area contributed by atoms with Crippen molar-refractivity contribution in [1.82, 2.24) is 5.32 Å². The molecule has 1 heterocycles. The molecule has 3 nitrogen and oxygen atoms in total. The molecule has 0 saturated carbocycles. The van der Waals surface area contributed by atoms with Crippen LogP contribution in [0.15, 0.2) is 18.2 Å². The lowest BCUT2D eigenvalue weighted by molar-refractivity contribution is 0.287. The molecule has 1 N–H and O–H groups in total. The van der Waals surface area contributed by atoms with Crippen molar-refractivity contribution in [3.8, 4) is 11.5 Å². The maximum Gasteiger partial charge on any atom is 0.161 e. The van der Waals surface area contributed by atoms with Gasteiger partial charge in [0.25, 0.3) is 0 Å². The van der Waals surface area contributed by atoms with E-state index < -0.39 is 0 Å². The Kier molecular flexibility index (Phi) is 4.88. The zero-order valence-electron chi connectivity index (χ0n) is 11.4. The van der Waals surface area contributed by atoms with Gasteiger partial charge in [-0.05, 0) is 57.4 Å². The first-order valence-corrected chi connectivity index (χ1v) is 6.95. The van der Waals surface area contributed by atoms with Gasteiger partial charge in [0.2, 0.25) is 0 Å². The molecule has 0 amide bonds. The van der Waals surface area contributed by atoms with Crippen LogP contribution in [-0.2, 0) is 6.42 Å². The van der Waals surface area contributed by atoms with Gasteiger partial charge in [0.05, 0.1) is 13.2 Å². The summed E-state index contributed by atoms with van der Waals surface area (Å²) in [5, 5.41) is 3.52. The van der Waals surface area contributed by atoms with Crippen molar-refractivity contribution in [3.63, 3.8) is 0 Å². The van der Waals surface area contributed by atoms with Crippen molar-refractivity contribution in [3.05, 3.63) is 23.8 Å². The Morgan fingerprint density at radius 3 is 2.61 bits per heavy atom. The zero-order chi connectivity index (χ0) is 12.8. The Labute approximate surface area is 109 Å². The number of hydrogen-bond acceptors (Lipinski definition) is 3. The first-order valence-electron chi connectivity index (χ1n) is 6.95. The van der Waals surface area contributed by atoms with Crippen LogP contribution in [0.5, 0.6) is 11.5 Å². The monoisotopic (exact) mass is 249 g/mol. The van der Waals surface area contributed by atoms with Crippen molar-refractivity contribution in [2.45, 2.75) is 39.2 Å². The number of nitrogens with one attached hydrogen (secondary N) is 1. The second-order valence-electron chi connectivity index (χ2n) is 4.64. The highest BCUT2D eigenvalue weighted by molar-refractivity contribution is 5.43. The van der Waals surface area contributed by atoms with Crippen molar-refractivity contribution < 1.29 is 9.47 Å². The average molecular weight is 249 g/mol. The van der Waals surface area contributed by atoms with E-state index in [4.69, 9.17) is 9.47 Å². The second-order valence-corrected chi connectivity index (χ2v) is 4.64. The van der Waals surface area contributed by atoms with Crippen LogP contribution in [0.1, 0.15) is 32.3 Å². The van der Waals surface area contributed by atoms with Crippen molar-refractivity contribution in [2.24, 2.45) is 0 Å². The van der Waals surface area contributed by atoms with Gasteiger partial charge in [-0.3, -0.25) is 0 Å². The van der Waals surface area contributed by atoms with Crippen molar-refractivity contribution >= 4 is 0 Å². The quantitative estimate of drug-likeness (QED) is 0.841. The third-order valence-electron chi connectivity index (χ3n) is 3.25. The molecule has 1 saturated heterocycles.